The molecule has 0 saturated carbocycles. The van der Waals surface area contributed by atoms with Crippen LogP contribution in [0, 0.1) is 6.92 Å². The van der Waals surface area contributed by atoms with E-state index in [-0.39, 0.29) is 0 Å². The van der Waals surface area contributed by atoms with Crippen molar-refractivity contribution in [1.82, 2.24) is 19.8 Å². The minimum Gasteiger partial charge on any atom is -0.338 e. The smallest absolute Gasteiger partial charge is 0.225 e. The standard InChI is InChI=1S/C22H31N5/c1-3-8-25-10-12-27(13-11-25)22-23-15-20-17-26(9-7-21(20)24-22)16-19-6-4-5-18(2)14-19/h4-6,14-15H,3,7-13,16-17H2,1-2H3. The lowest BCUT2D eigenvalue weighted by molar-refractivity contribution is 0.242. The molecule has 144 valence electrons. The molecule has 0 atom stereocenters. The summed E-state index contributed by atoms with van der Waals surface area (Å²) in [6.07, 6.45) is 4.32. The molecule has 0 amide bonds. The van der Waals surface area contributed by atoms with E-state index in [1.54, 1.807) is 0 Å². The predicted octanol–water partition coefficient (Wildman–Crippen LogP) is 2.88. The van der Waals surface area contributed by atoms with E-state index in [4.69, 9.17) is 9.97 Å². The Morgan fingerprint density at radius 3 is 2.67 bits per heavy atom. The zero-order chi connectivity index (χ0) is 18.6. The Morgan fingerprint density at radius 1 is 1.04 bits per heavy atom. The van der Waals surface area contributed by atoms with Crippen molar-refractivity contribution in [2.75, 3.05) is 44.2 Å². The SMILES string of the molecule is CCCN1CCN(c2ncc3c(n2)CCN(Cc2cccc(C)c2)C3)CC1. The molecule has 1 saturated heterocycles. The number of fused-ring (bicyclic) bond motifs is 1. The summed E-state index contributed by atoms with van der Waals surface area (Å²) in [5, 5.41) is 0. The van der Waals surface area contributed by atoms with Gasteiger partial charge in [-0.15, -0.1) is 0 Å². The molecule has 2 aromatic rings. The summed E-state index contributed by atoms with van der Waals surface area (Å²) in [4.78, 5) is 17.0. The van der Waals surface area contributed by atoms with E-state index >= 15 is 0 Å². The number of aromatic nitrogens is 2. The highest BCUT2D eigenvalue weighted by atomic mass is 15.3. The second kappa shape index (κ2) is 8.36. The molecule has 1 aromatic heterocycles. The van der Waals surface area contributed by atoms with Crippen LogP contribution in [-0.4, -0.2) is 59.0 Å². The van der Waals surface area contributed by atoms with Gasteiger partial charge < -0.3 is 4.90 Å². The average Bonchev–Trinajstić information content (AvgIpc) is 2.68. The lowest BCUT2D eigenvalue weighted by Gasteiger charge is -2.35. The minimum absolute atomic E-state index is 0.928. The van der Waals surface area contributed by atoms with Crippen molar-refractivity contribution in [3.8, 4) is 0 Å². The van der Waals surface area contributed by atoms with E-state index in [1.165, 1.54) is 35.3 Å². The number of hydrogen-bond donors (Lipinski definition) is 0. The summed E-state index contributed by atoms with van der Waals surface area (Å²) in [5.41, 5.74) is 5.26. The van der Waals surface area contributed by atoms with Gasteiger partial charge in [0.1, 0.15) is 0 Å². The van der Waals surface area contributed by atoms with Gasteiger partial charge in [0.15, 0.2) is 0 Å². The zero-order valence-corrected chi connectivity index (χ0v) is 16.7. The summed E-state index contributed by atoms with van der Waals surface area (Å²) in [7, 11) is 0. The first kappa shape index (κ1) is 18.4. The number of hydrogen-bond acceptors (Lipinski definition) is 5. The third kappa shape index (κ3) is 4.47. The van der Waals surface area contributed by atoms with Crippen molar-refractivity contribution in [1.29, 1.82) is 0 Å². The number of nitrogens with zero attached hydrogens (tertiary/aromatic N) is 5. The largest absolute Gasteiger partial charge is 0.338 e. The first-order valence-electron chi connectivity index (χ1n) is 10.3. The van der Waals surface area contributed by atoms with Crippen LogP contribution in [0.1, 0.15) is 35.7 Å². The number of aryl methyl sites for hydroxylation is 1. The molecule has 5 nitrogen and oxygen atoms in total. The normalized spacial score (nSPS) is 18.5. The maximum Gasteiger partial charge on any atom is 0.225 e. The van der Waals surface area contributed by atoms with Crippen LogP contribution in [-0.2, 0) is 19.5 Å². The van der Waals surface area contributed by atoms with Crippen molar-refractivity contribution >= 4 is 5.95 Å². The van der Waals surface area contributed by atoms with Crippen molar-refractivity contribution < 1.29 is 0 Å². The summed E-state index contributed by atoms with van der Waals surface area (Å²) in [5.74, 6) is 0.928. The maximum absolute atomic E-state index is 4.93. The molecular weight excluding hydrogens is 334 g/mol. The predicted molar refractivity (Wildman–Crippen MR) is 110 cm³/mol. The van der Waals surface area contributed by atoms with Crippen molar-refractivity contribution in [2.45, 2.75) is 39.8 Å². The van der Waals surface area contributed by atoms with Gasteiger partial charge in [-0.3, -0.25) is 9.80 Å². The molecule has 0 unspecified atom stereocenters. The lowest BCUT2D eigenvalue weighted by atomic mass is 10.1. The Hall–Kier alpha value is -1.98. The van der Waals surface area contributed by atoms with Gasteiger partial charge >= 0.3 is 0 Å². The Kier molecular flexibility index (Phi) is 5.69. The van der Waals surface area contributed by atoms with Crippen LogP contribution in [0.25, 0.3) is 0 Å². The summed E-state index contributed by atoms with van der Waals surface area (Å²) < 4.78 is 0. The Bertz CT molecular complexity index is 767. The van der Waals surface area contributed by atoms with Crippen molar-refractivity contribution in [3.05, 3.63) is 52.8 Å². The number of benzene rings is 1. The molecule has 0 spiro atoms. The number of rotatable bonds is 5. The highest BCUT2D eigenvalue weighted by Crippen LogP contribution is 2.21. The molecule has 1 fully saturated rings. The van der Waals surface area contributed by atoms with Crippen LogP contribution in [0.4, 0.5) is 5.95 Å². The van der Waals surface area contributed by atoms with E-state index in [1.807, 2.05) is 0 Å². The van der Waals surface area contributed by atoms with Gasteiger partial charge in [-0.1, -0.05) is 36.8 Å². The fraction of sp³-hybridized carbons (Fsp3) is 0.545. The van der Waals surface area contributed by atoms with Gasteiger partial charge in [-0.05, 0) is 25.5 Å². The Morgan fingerprint density at radius 2 is 1.89 bits per heavy atom. The van der Waals surface area contributed by atoms with Crippen molar-refractivity contribution in [3.63, 3.8) is 0 Å². The molecular formula is C22H31N5. The van der Waals surface area contributed by atoms with Gasteiger partial charge in [0.05, 0.1) is 5.69 Å². The number of piperazine rings is 1. The quantitative estimate of drug-likeness (QED) is 0.814. The van der Waals surface area contributed by atoms with Gasteiger partial charge in [0, 0.05) is 64.0 Å². The molecule has 2 aliphatic heterocycles. The minimum atomic E-state index is 0.928. The molecule has 0 aliphatic carbocycles. The topological polar surface area (TPSA) is 35.5 Å². The molecule has 4 rings (SSSR count). The fourth-order valence-electron chi connectivity index (χ4n) is 4.21. The molecule has 27 heavy (non-hydrogen) atoms. The van der Waals surface area contributed by atoms with Crippen LogP contribution >= 0.6 is 0 Å². The van der Waals surface area contributed by atoms with Gasteiger partial charge in [-0.25, -0.2) is 9.97 Å². The Balaban J connectivity index is 1.38. The van der Waals surface area contributed by atoms with Gasteiger partial charge in [-0.2, -0.15) is 0 Å². The molecule has 0 bridgehead atoms. The first-order chi connectivity index (χ1) is 13.2. The molecule has 5 heteroatoms. The Labute approximate surface area is 163 Å². The second-order valence-electron chi connectivity index (χ2n) is 7.92. The second-order valence-corrected chi connectivity index (χ2v) is 7.92. The summed E-state index contributed by atoms with van der Waals surface area (Å²) in [6, 6.07) is 8.82. The third-order valence-corrected chi connectivity index (χ3v) is 5.68. The fourth-order valence-corrected chi connectivity index (χ4v) is 4.21. The first-order valence-corrected chi connectivity index (χ1v) is 10.3. The highest BCUT2D eigenvalue weighted by Gasteiger charge is 2.22. The van der Waals surface area contributed by atoms with Crippen molar-refractivity contribution in [2.24, 2.45) is 0 Å². The van der Waals surface area contributed by atoms with Gasteiger partial charge in [0.25, 0.3) is 0 Å². The van der Waals surface area contributed by atoms with E-state index in [2.05, 4.69) is 59.0 Å². The van der Waals surface area contributed by atoms with Crippen LogP contribution < -0.4 is 4.90 Å². The van der Waals surface area contributed by atoms with Crippen LogP contribution in [0.3, 0.4) is 0 Å². The lowest BCUT2D eigenvalue weighted by Crippen LogP contribution is -2.47. The molecule has 3 heterocycles. The third-order valence-electron chi connectivity index (χ3n) is 5.68. The molecule has 2 aliphatic rings. The van der Waals surface area contributed by atoms with Crippen LogP contribution in [0.15, 0.2) is 30.5 Å². The summed E-state index contributed by atoms with van der Waals surface area (Å²) >= 11 is 0. The van der Waals surface area contributed by atoms with Crippen LogP contribution in [0.2, 0.25) is 0 Å². The highest BCUT2D eigenvalue weighted by molar-refractivity contribution is 5.35. The zero-order valence-electron chi connectivity index (χ0n) is 16.7. The van der Waals surface area contributed by atoms with Crippen LogP contribution in [0.5, 0.6) is 0 Å². The molecule has 0 radical (unpaired) electrons. The van der Waals surface area contributed by atoms with Gasteiger partial charge in [0.2, 0.25) is 5.95 Å². The maximum atomic E-state index is 4.93. The average molecular weight is 366 g/mol. The van der Waals surface area contributed by atoms with E-state index in [9.17, 15) is 0 Å². The molecule has 0 N–H and O–H groups in total. The van der Waals surface area contributed by atoms with E-state index in [0.717, 1.165) is 58.2 Å². The number of anilines is 1. The summed E-state index contributed by atoms with van der Waals surface area (Å²) in [6.45, 7) is 13.0. The van der Waals surface area contributed by atoms with E-state index < -0.39 is 0 Å². The van der Waals surface area contributed by atoms with E-state index in [0.29, 0.717) is 0 Å². The molecule has 1 aromatic carbocycles. The monoisotopic (exact) mass is 365 g/mol.